The number of hydrogen-bond donors (Lipinski definition) is 0. The lowest BCUT2D eigenvalue weighted by Crippen LogP contribution is -2.33. The molecule has 1 aliphatic heterocycles. The van der Waals surface area contributed by atoms with E-state index >= 15 is 0 Å². The van der Waals surface area contributed by atoms with Crippen LogP contribution in [-0.4, -0.2) is 45.3 Å². The summed E-state index contributed by atoms with van der Waals surface area (Å²) in [7, 11) is 1.70. The van der Waals surface area contributed by atoms with Crippen LogP contribution in [0.5, 0.6) is 5.75 Å². The maximum atomic E-state index is 5.41. The van der Waals surface area contributed by atoms with Crippen LogP contribution in [0.4, 0.5) is 0 Å². The van der Waals surface area contributed by atoms with Crippen molar-refractivity contribution in [1.82, 2.24) is 25.1 Å². The number of nitrogens with zero attached hydrogens (tertiary/aromatic N) is 5. The van der Waals surface area contributed by atoms with Gasteiger partial charge in [-0.3, -0.25) is 4.90 Å². The van der Waals surface area contributed by atoms with Gasteiger partial charge in [-0.15, -0.1) is 5.10 Å². The standard InChI is InChI=1S/C17H25N5O/c1-17(2,3)22-16(18-19-20-22)15(21-10-5-6-11-21)13-8-7-9-14(12-13)23-4/h7-9,12,15H,5-6,10-11H2,1-4H3. The van der Waals surface area contributed by atoms with Gasteiger partial charge in [-0.1, -0.05) is 12.1 Å². The van der Waals surface area contributed by atoms with E-state index in [1.807, 2.05) is 16.8 Å². The summed E-state index contributed by atoms with van der Waals surface area (Å²) in [5.41, 5.74) is 1.02. The zero-order valence-corrected chi connectivity index (χ0v) is 14.4. The van der Waals surface area contributed by atoms with Crippen molar-refractivity contribution in [3.8, 4) is 5.75 Å². The highest BCUT2D eigenvalue weighted by Crippen LogP contribution is 2.33. The van der Waals surface area contributed by atoms with E-state index < -0.39 is 0 Å². The fourth-order valence-corrected chi connectivity index (χ4v) is 3.18. The van der Waals surface area contributed by atoms with E-state index in [1.54, 1.807) is 7.11 Å². The molecule has 2 heterocycles. The van der Waals surface area contributed by atoms with E-state index in [0.29, 0.717) is 0 Å². The number of ether oxygens (including phenoxy) is 1. The van der Waals surface area contributed by atoms with E-state index in [2.05, 4.69) is 53.3 Å². The number of tetrazole rings is 1. The molecule has 0 N–H and O–H groups in total. The predicted octanol–water partition coefficient (Wildman–Crippen LogP) is 2.62. The Bertz CT molecular complexity index is 655. The molecule has 0 saturated carbocycles. The van der Waals surface area contributed by atoms with Crippen molar-refractivity contribution in [1.29, 1.82) is 0 Å². The van der Waals surface area contributed by atoms with Crippen molar-refractivity contribution >= 4 is 0 Å². The van der Waals surface area contributed by atoms with Crippen LogP contribution in [0.3, 0.4) is 0 Å². The number of rotatable bonds is 4. The molecule has 124 valence electrons. The van der Waals surface area contributed by atoms with Gasteiger partial charge in [0.1, 0.15) is 5.75 Å². The molecule has 1 aromatic heterocycles. The molecule has 6 heteroatoms. The van der Waals surface area contributed by atoms with Crippen molar-refractivity contribution in [2.45, 2.75) is 45.2 Å². The minimum atomic E-state index is -0.157. The number of benzene rings is 1. The molecule has 23 heavy (non-hydrogen) atoms. The monoisotopic (exact) mass is 315 g/mol. The zero-order valence-electron chi connectivity index (χ0n) is 14.4. The van der Waals surface area contributed by atoms with Crippen LogP contribution in [0.2, 0.25) is 0 Å². The second-order valence-corrected chi connectivity index (χ2v) is 7.04. The van der Waals surface area contributed by atoms with Gasteiger partial charge in [0.2, 0.25) is 0 Å². The lowest BCUT2D eigenvalue weighted by atomic mass is 10.0. The maximum Gasteiger partial charge on any atom is 0.173 e. The average Bonchev–Trinajstić information content (AvgIpc) is 3.19. The second-order valence-electron chi connectivity index (χ2n) is 7.04. The van der Waals surface area contributed by atoms with Gasteiger partial charge in [-0.05, 0) is 74.8 Å². The summed E-state index contributed by atoms with van der Waals surface area (Å²) < 4.78 is 7.35. The Morgan fingerprint density at radius 3 is 2.57 bits per heavy atom. The maximum absolute atomic E-state index is 5.41. The highest BCUT2D eigenvalue weighted by atomic mass is 16.5. The summed E-state index contributed by atoms with van der Waals surface area (Å²) in [6.45, 7) is 8.51. The van der Waals surface area contributed by atoms with Gasteiger partial charge >= 0.3 is 0 Å². The quantitative estimate of drug-likeness (QED) is 0.868. The van der Waals surface area contributed by atoms with Crippen LogP contribution in [0.1, 0.15) is 51.0 Å². The summed E-state index contributed by atoms with van der Waals surface area (Å²) in [6.07, 6.45) is 2.44. The minimum Gasteiger partial charge on any atom is -0.497 e. The van der Waals surface area contributed by atoms with Crippen LogP contribution < -0.4 is 4.74 Å². The van der Waals surface area contributed by atoms with Gasteiger partial charge in [0.15, 0.2) is 5.82 Å². The van der Waals surface area contributed by atoms with Crippen LogP contribution in [0, 0.1) is 0 Å². The van der Waals surface area contributed by atoms with Crippen molar-refractivity contribution in [3.63, 3.8) is 0 Å². The van der Waals surface area contributed by atoms with Gasteiger partial charge in [-0.25, -0.2) is 4.68 Å². The molecule has 0 aliphatic carbocycles. The second kappa shape index (κ2) is 6.28. The van der Waals surface area contributed by atoms with E-state index in [1.165, 1.54) is 18.4 Å². The molecule has 3 rings (SSSR count). The predicted molar refractivity (Wildman–Crippen MR) is 88.5 cm³/mol. The number of hydrogen-bond acceptors (Lipinski definition) is 5. The third kappa shape index (κ3) is 3.22. The molecule has 1 fully saturated rings. The van der Waals surface area contributed by atoms with E-state index in [4.69, 9.17) is 4.74 Å². The number of aromatic nitrogens is 4. The Morgan fingerprint density at radius 2 is 1.91 bits per heavy atom. The molecule has 0 bridgehead atoms. The van der Waals surface area contributed by atoms with E-state index in [-0.39, 0.29) is 11.6 Å². The van der Waals surface area contributed by atoms with Crippen LogP contribution in [0.15, 0.2) is 24.3 Å². The first-order chi connectivity index (χ1) is 11.0. The largest absolute Gasteiger partial charge is 0.497 e. The Kier molecular flexibility index (Phi) is 4.35. The average molecular weight is 315 g/mol. The van der Waals surface area contributed by atoms with Gasteiger partial charge in [-0.2, -0.15) is 0 Å². The Morgan fingerprint density at radius 1 is 1.17 bits per heavy atom. The fraction of sp³-hybridized carbons (Fsp3) is 0.588. The Hall–Kier alpha value is -1.95. The van der Waals surface area contributed by atoms with Crippen molar-refractivity contribution in [2.75, 3.05) is 20.2 Å². The van der Waals surface area contributed by atoms with Gasteiger partial charge < -0.3 is 4.74 Å². The molecular weight excluding hydrogens is 290 g/mol. The minimum absolute atomic E-state index is 0.0572. The molecule has 1 aromatic carbocycles. The number of likely N-dealkylation sites (tertiary alicyclic amines) is 1. The normalized spacial score (nSPS) is 17.4. The van der Waals surface area contributed by atoms with Crippen LogP contribution >= 0.6 is 0 Å². The molecule has 1 aliphatic rings. The van der Waals surface area contributed by atoms with Gasteiger partial charge in [0, 0.05) is 0 Å². The van der Waals surface area contributed by atoms with Crippen molar-refractivity contribution in [2.24, 2.45) is 0 Å². The van der Waals surface area contributed by atoms with Gasteiger partial charge in [0.25, 0.3) is 0 Å². The third-order valence-electron chi connectivity index (χ3n) is 4.29. The lowest BCUT2D eigenvalue weighted by Gasteiger charge is -2.30. The summed E-state index contributed by atoms with van der Waals surface area (Å²) in [5.74, 6) is 1.76. The first-order valence-electron chi connectivity index (χ1n) is 8.17. The molecule has 1 saturated heterocycles. The highest BCUT2D eigenvalue weighted by Gasteiger charge is 2.32. The van der Waals surface area contributed by atoms with E-state index in [9.17, 15) is 0 Å². The molecule has 6 nitrogen and oxygen atoms in total. The Labute approximate surface area is 137 Å². The summed E-state index contributed by atoms with van der Waals surface area (Å²) in [4.78, 5) is 2.46. The molecule has 1 atom stereocenters. The smallest absolute Gasteiger partial charge is 0.173 e. The van der Waals surface area contributed by atoms with Crippen LogP contribution in [-0.2, 0) is 5.54 Å². The van der Waals surface area contributed by atoms with Crippen LogP contribution in [0.25, 0.3) is 0 Å². The molecule has 0 amide bonds. The van der Waals surface area contributed by atoms with E-state index in [0.717, 1.165) is 24.7 Å². The van der Waals surface area contributed by atoms with Crippen molar-refractivity contribution in [3.05, 3.63) is 35.7 Å². The zero-order chi connectivity index (χ0) is 16.4. The topological polar surface area (TPSA) is 56.1 Å². The summed E-state index contributed by atoms with van der Waals surface area (Å²) >= 11 is 0. The number of methoxy groups -OCH3 is 1. The molecule has 2 aromatic rings. The molecular formula is C17H25N5O. The molecule has 0 spiro atoms. The highest BCUT2D eigenvalue weighted by molar-refractivity contribution is 5.33. The first kappa shape index (κ1) is 15.9. The lowest BCUT2D eigenvalue weighted by molar-refractivity contribution is 0.242. The van der Waals surface area contributed by atoms with Gasteiger partial charge in [0.05, 0.1) is 18.7 Å². The molecule has 1 unspecified atom stereocenters. The van der Waals surface area contributed by atoms with Crippen molar-refractivity contribution < 1.29 is 4.74 Å². The Balaban J connectivity index is 2.08. The third-order valence-corrected chi connectivity index (χ3v) is 4.29. The fourth-order valence-electron chi connectivity index (χ4n) is 3.18. The molecule has 0 radical (unpaired) electrons. The SMILES string of the molecule is COc1cccc(C(c2nnnn2C(C)(C)C)N2CCCC2)c1. The summed E-state index contributed by atoms with van der Waals surface area (Å²) in [5, 5.41) is 12.6. The summed E-state index contributed by atoms with van der Waals surface area (Å²) in [6, 6.07) is 8.28. The first-order valence-corrected chi connectivity index (χ1v) is 8.17.